The number of carbonyl (C=O) groups is 1. The minimum atomic E-state index is -0.308. The normalized spacial score (nSPS) is 10.5. The molecule has 0 unspecified atom stereocenters. The van der Waals surface area contributed by atoms with Crippen molar-refractivity contribution in [3.8, 4) is 0 Å². The predicted octanol–water partition coefficient (Wildman–Crippen LogP) is 5.33. The van der Waals surface area contributed by atoms with E-state index in [1.165, 1.54) is 6.33 Å². The molecule has 6 heteroatoms. The van der Waals surface area contributed by atoms with Gasteiger partial charge in [-0.1, -0.05) is 36.4 Å². The van der Waals surface area contributed by atoms with Gasteiger partial charge in [0.05, 0.1) is 5.52 Å². The maximum Gasteiger partial charge on any atom is 0.323 e. The molecule has 2 amide bonds. The maximum absolute atomic E-state index is 12.2. The van der Waals surface area contributed by atoms with Crippen molar-refractivity contribution in [1.82, 2.24) is 9.97 Å². The van der Waals surface area contributed by atoms with Crippen LogP contribution < -0.4 is 16.0 Å². The topological polar surface area (TPSA) is 78.9 Å². The van der Waals surface area contributed by atoms with Crippen LogP contribution in [0.1, 0.15) is 5.56 Å². The van der Waals surface area contributed by atoms with E-state index in [0.717, 1.165) is 33.7 Å². The molecule has 4 rings (SSSR count). The number of aryl methyl sites for hydroxylation is 1. The van der Waals surface area contributed by atoms with Gasteiger partial charge in [0, 0.05) is 22.4 Å². The highest BCUT2D eigenvalue weighted by Crippen LogP contribution is 2.26. The van der Waals surface area contributed by atoms with E-state index >= 15 is 0 Å². The molecular formula is C22H19N5O. The van der Waals surface area contributed by atoms with Crippen LogP contribution in [0.3, 0.4) is 0 Å². The molecule has 4 aromatic rings. The summed E-state index contributed by atoms with van der Waals surface area (Å²) in [6.45, 7) is 2.04. The average Bonchev–Trinajstić information content (AvgIpc) is 2.70. The second-order valence-corrected chi connectivity index (χ2v) is 6.34. The van der Waals surface area contributed by atoms with E-state index in [9.17, 15) is 4.79 Å². The van der Waals surface area contributed by atoms with Gasteiger partial charge in [0.15, 0.2) is 0 Å². The number of urea groups is 1. The number of carbonyl (C=O) groups excluding carboxylic acids is 1. The Bertz CT molecular complexity index is 1130. The predicted molar refractivity (Wildman–Crippen MR) is 113 cm³/mol. The Morgan fingerprint density at radius 3 is 2.39 bits per heavy atom. The second-order valence-electron chi connectivity index (χ2n) is 6.34. The molecule has 0 bridgehead atoms. The quantitative estimate of drug-likeness (QED) is 0.454. The lowest BCUT2D eigenvalue weighted by Gasteiger charge is -2.12. The Morgan fingerprint density at radius 1 is 0.821 bits per heavy atom. The Balaban J connectivity index is 1.55. The molecule has 0 spiro atoms. The lowest BCUT2D eigenvalue weighted by Crippen LogP contribution is -2.19. The van der Waals surface area contributed by atoms with E-state index in [1.807, 2.05) is 79.7 Å². The van der Waals surface area contributed by atoms with Crippen molar-refractivity contribution in [3.63, 3.8) is 0 Å². The van der Waals surface area contributed by atoms with Crippen LogP contribution in [0.4, 0.5) is 27.7 Å². The third-order valence-electron chi connectivity index (χ3n) is 4.32. The van der Waals surface area contributed by atoms with Crippen LogP contribution in [0.25, 0.3) is 10.9 Å². The Kier molecular flexibility index (Phi) is 4.84. The molecule has 6 nitrogen and oxygen atoms in total. The van der Waals surface area contributed by atoms with Gasteiger partial charge in [-0.05, 0) is 48.9 Å². The molecule has 0 saturated heterocycles. The molecule has 1 heterocycles. The fraction of sp³-hybridized carbons (Fsp3) is 0.0455. The summed E-state index contributed by atoms with van der Waals surface area (Å²) < 4.78 is 0. The van der Waals surface area contributed by atoms with E-state index in [0.29, 0.717) is 5.69 Å². The number of anilines is 4. The second kappa shape index (κ2) is 7.75. The molecule has 28 heavy (non-hydrogen) atoms. The molecule has 3 N–H and O–H groups in total. The van der Waals surface area contributed by atoms with Gasteiger partial charge in [-0.2, -0.15) is 0 Å². The summed E-state index contributed by atoms with van der Waals surface area (Å²) in [4.78, 5) is 20.9. The van der Waals surface area contributed by atoms with Gasteiger partial charge in [0.1, 0.15) is 12.1 Å². The SMILES string of the molecule is Cc1ccccc1Nc1ncnc2cc(NC(=O)Nc3ccccc3)ccc12. The van der Waals surface area contributed by atoms with Crippen molar-refractivity contribution in [1.29, 1.82) is 0 Å². The van der Waals surface area contributed by atoms with Crippen molar-refractivity contribution in [2.24, 2.45) is 0 Å². The summed E-state index contributed by atoms with van der Waals surface area (Å²) in [5, 5.41) is 9.86. The zero-order chi connectivity index (χ0) is 19.3. The molecule has 0 saturated carbocycles. The van der Waals surface area contributed by atoms with Gasteiger partial charge >= 0.3 is 6.03 Å². The molecule has 138 valence electrons. The van der Waals surface area contributed by atoms with E-state index < -0.39 is 0 Å². The Hall–Kier alpha value is -3.93. The van der Waals surface area contributed by atoms with E-state index in [1.54, 1.807) is 0 Å². The van der Waals surface area contributed by atoms with Crippen LogP contribution in [0.2, 0.25) is 0 Å². The summed E-state index contributed by atoms with van der Waals surface area (Å²) in [6, 6.07) is 22.6. The minimum absolute atomic E-state index is 0.308. The first-order valence-corrected chi connectivity index (χ1v) is 8.89. The number of amides is 2. The molecule has 0 fully saturated rings. The Labute approximate surface area is 162 Å². The molecule has 0 aliphatic carbocycles. The zero-order valence-electron chi connectivity index (χ0n) is 15.3. The standard InChI is InChI=1S/C22H19N5O/c1-15-7-5-6-10-19(15)27-21-18-12-11-17(13-20(18)23-14-24-21)26-22(28)25-16-8-3-2-4-9-16/h2-14H,1H3,(H,23,24,27)(H2,25,26,28). The van der Waals surface area contributed by atoms with Crippen LogP contribution in [-0.2, 0) is 0 Å². The van der Waals surface area contributed by atoms with Crippen molar-refractivity contribution in [3.05, 3.63) is 84.7 Å². The molecule has 0 atom stereocenters. The summed E-state index contributed by atoms with van der Waals surface area (Å²) in [5.74, 6) is 0.722. The number of rotatable bonds is 4. The zero-order valence-corrected chi connectivity index (χ0v) is 15.3. The van der Waals surface area contributed by atoms with Gasteiger partial charge < -0.3 is 16.0 Å². The number of nitrogens with one attached hydrogen (secondary N) is 3. The summed E-state index contributed by atoms with van der Waals surface area (Å²) in [6.07, 6.45) is 1.51. The van der Waals surface area contributed by atoms with Gasteiger partial charge in [-0.25, -0.2) is 14.8 Å². The number of hydrogen-bond donors (Lipinski definition) is 3. The van der Waals surface area contributed by atoms with Crippen LogP contribution >= 0.6 is 0 Å². The highest BCUT2D eigenvalue weighted by molar-refractivity contribution is 6.01. The van der Waals surface area contributed by atoms with Crippen LogP contribution in [0.15, 0.2) is 79.1 Å². The smallest absolute Gasteiger partial charge is 0.323 e. The number of benzene rings is 3. The highest BCUT2D eigenvalue weighted by Gasteiger charge is 2.08. The number of para-hydroxylation sites is 2. The number of hydrogen-bond acceptors (Lipinski definition) is 4. The third-order valence-corrected chi connectivity index (χ3v) is 4.32. The van der Waals surface area contributed by atoms with Gasteiger partial charge in [-0.3, -0.25) is 0 Å². The van der Waals surface area contributed by atoms with Crippen LogP contribution in [-0.4, -0.2) is 16.0 Å². The molecule has 0 radical (unpaired) electrons. The van der Waals surface area contributed by atoms with Gasteiger partial charge in [-0.15, -0.1) is 0 Å². The van der Waals surface area contributed by atoms with Crippen molar-refractivity contribution in [2.45, 2.75) is 6.92 Å². The summed E-state index contributed by atoms with van der Waals surface area (Å²) in [7, 11) is 0. The lowest BCUT2D eigenvalue weighted by molar-refractivity contribution is 0.262. The number of nitrogens with zero attached hydrogens (tertiary/aromatic N) is 2. The number of aromatic nitrogens is 2. The monoisotopic (exact) mass is 369 g/mol. The minimum Gasteiger partial charge on any atom is -0.339 e. The summed E-state index contributed by atoms with van der Waals surface area (Å²) >= 11 is 0. The van der Waals surface area contributed by atoms with E-state index in [2.05, 4.69) is 25.9 Å². The fourth-order valence-corrected chi connectivity index (χ4v) is 2.89. The lowest BCUT2D eigenvalue weighted by atomic mass is 10.2. The average molecular weight is 369 g/mol. The molecular weight excluding hydrogens is 350 g/mol. The number of fused-ring (bicyclic) bond motifs is 1. The largest absolute Gasteiger partial charge is 0.339 e. The van der Waals surface area contributed by atoms with Crippen molar-refractivity contribution in [2.75, 3.05) is 16.0 Å². The van der Waals surface area contributed by atoms with Crippen molar-refractivity contribution < 1.29 is 4.79 Å². The highest BCUT2D eigenvalue weighted by atomic mass is 16.2. The van der Waals surface area contributed by atoms with Gasteiger partial charge in [0.2, 0.25) is 0 Å². The first-order chi connectivity index (χ1) is 13.7. The molecule has 0 aliphatic rings. The van der Waals surface area contributed by atoms with E-state index in [4.69, 9.17) is 0 Å². The van der Waals surface area contributed by atoms with Crippen molar-refractivity contribution >= 4 is 39.8 Å². The fourth-order valence-electron chi connectivity index (χ4n) is 2.89. The van der Waals surface area contributed by atoms with Crippen LogP contribution in [0.5, 0.6) is 0 Å². The first kappa shape index (κ1) is 17.5. The van der Waals surface area contributed by atoms with E-state index in [-0.39, 0.29) is 6.03 Å². The first-order valence-electron chi connectivity index (χ1n) is 8.89. The molecule has 3 aromatic carbocycles. The molecule has 0 aliphatic heterocycles. The van der Waals surface area contributed by atoms with Gasteiger partial charge in [0.25, 0.3) is 0 Å². The summed E-state index contributed by atoms with van der Waals surface area (Å²) in [5.41, 5.74) is 4.25. The Morgan fingerprint density at radius 2 is 1.57 bits per heavy atom. The third kappa shape index (κ3) is 3.91. The molecule has 1 aromatic heterocycles. The van der Waals surface area contributed by atoms with Crippen LogP contribution in [0, 0.1) is 6.92 Å². The maximum atomic E-state index is 12.2.